The maximum absolute atomic E-state index is 12.5. The van der Waals surface area contributed by atoms with Crippen LogP contribution in [0.5, 0.6) is 0 Å². The smallest absolute Gasteiger partial charge is 0.252 e. The van der Waals surface area contributed by atoms with E-state index < -0.39 is 0 Å². The summed E-state index contributed by atoms with van der Waals surface area (Å²) >= 11 is 0. The van der Waals surface area contributed by atoms with E-state index in [4.69, 9.17) is 5.11 Å². The van der Waals surface area contributed by atoms with Crippen molar-refractivity contribution in [3.63, 3.8) is 0 Å². The van der Waals surface area contributed by atoms with Crippen molar-refractivity contribution < 1.29 is 9.90 Å². The van der Waals surface area contributed by atoms with Gasteiger partial charge in [-0.2, -0.15) is 0 Å². The first kappa shape index (κ1) is 14.9. The van der Waals surface area contributed by atoms with Gasteiger partial charge in [-0.1, -0.05) is 13.0 Å². The molecule has 1 unspecified atom stereocenters. The molecule has 2 rings (SSSR count). The van der Waals surface area contributed by atoms with Crippen LogP contribution in [0.1, 0.15) is 49.0 Å². The highest BCUT2D eigenvalue weighted by Crippen LogP contribution is 2.26. The topological polar surface area (TPSA) is 61.4 Å². The molecule has 1 atom stereocenters. The standard InChI is InChI=1S/C16H24N2O2/c1-3-16(2,9-11-19)18-15(20)13-6-4-8-14-12(13)7-5-10-17-14/h4,6,8,17,19H,3,5,7,9-11H2,1-2H3,(H,18,20). The third-order valence-corrected chi connectivity index (χ3v) is 4.20. The molecule has 0 bridgehead atoms. The Morgan fingerprint density at radius 2 is 2.30 bits per heavy atom. The second-order valence-corrected chi connectivity index (χ2v) is 5.70. The third-order valence-electron chi connectivity index (χ3n) is 4.20. The van der Waals surface area contributed by atoms with E-state index in [1.807, 2.05) is 32.0 Å². The number of aliphatic hydroxyl groups excluding tert-OH is 1. The fourth-order valence-electron chi connectivity index (χ4n) is 2.64. The summed E-state index contributed by atoms with van der Waals surface area (Å²) in [7, 11) is 0. The molecule has 1 heterocycles. The van der Waals surface area contributed by atoms with Crippen molar-refractivity contribution in [2.45, 2.75) is 45.1 Å². The zero-order chi connectivity index (χ0) is 14.6. The van der Waals surface area contributed by atoms with Gasteiger partial charge in [0.1, 0.15) is 0 Å². The van der Waals surface area contributed by atoms with Crippen molar-refractivity contribution in [2.24, 2.45) is 0 Å². The van der Waals surface area contributed by atoms with Gasteiger partial charge in [0.2, 0.25) is 0 Å². The van der Waals surface area contributed by atoms with E-state index in [-0.39, 0.29) is 18.1 Å². The van der Waals surface area contributed by atoms with Gasteiger partial charge in [-0.05, 0) is 50.3 Å². The number of aliphatic hydroxyl groups is 1. The van der Waals surface area contributed by atoms with Crippen LogP contribution >= 0.6 is 0 Å². The Labute approximate surface area is 120 Å². The molecule has 0 radical (unpaired) electrons. The van der Waals surface area contributed by atoms with E-state index in [0.717, 1.165) is 42.6 Å². The average molecular weight is 276 g/mol. The number of fused-ring (bicyclic) bond motifs is 1. The van der Waals surface area contributed by atoms with Gasteiger partial charge in [-0.25, -0.2) is 0 Å². The quantitative estimate of drug-likeness (QED) is 0.773. The first-order valence-corrected chi connectivity index (χ1v) is 7.39. The number of nitrogens with one attached hydrogen (secondary N) is 2. The van der Waals surface area contributed by atoms with Gasteiger partial charge in [0.05, 0.1) is 0 Å². The molecule has 1 aliphatic rings. The molecule has 4 nitrogen and oxygen atoms in total. The largest absolute Gasteiger partial charge is 0.396 e. The van der Waals surface area contributed by atoms with Crippen LogP contribution in [-0.4, -0.2) is 29.7 Å². The zero-order valence-electron chi connectivity index (χ0n) is 12.3. The Balaban J connectivity index is 2.21. The molecule has 4 heteroatoms. The van der Waals surface area contributed by atoms with Crippen LogP contribution in [0, 0.1) is 0 Å². The SMILES string of the molecule is CCC(C)(CCO)NC(=O)c1cccc2c1CCCN2. The summed E-state index contributed by atoms with van der Waals surface area (Å²) in [6.45, 7) is 5.06. The molecule has 3 N–H and O–H groups in total. The lowest BCUT2D eigenvalue weighted by atomic mass is 9.92. The summed E-state index contributed by atoms with van der Waals surface area (Å²) < 4.78 is 0. The summed E-state index contributed by atoms with van der Waals surface area (Å²) in [5.41, 5.74) is 2.59. The summed E-state index contributed by atoms with van der Waals surface area (Å²) in [5.74, 6) is -0.0386. The molecule has 0 aliphatic carbocycles. The maximum Gasteiger partial charge on any atom is 0.252 e. The summed E-state index contributed by atoms with van der Waals surface area (Å²) in [6.07, 6.45) is 3.36. The van der Waals surface area contributed by atoms with Gasteiger partial charge in [-0.3, -0.25) is 4.79 Å². The van der Waals surface area contributed by atoms with Crippen LogP contribution in [0.2, 0.25) is 0 Å². The van der Waals surface area contributed by atoms with Crippen LogP contribution in [-0.2, 0) is 6.42 Å². The van der Waals surface area contributed by atoms with Crippen molar-refractivity contribution in [1.82, 2.24) is 5.32 Å². The normalized spacial score (nSPS) is 16.8. The summed E-state index contributed by atoms with van der Waals surface area (Å²) in [5, 5.41) is 15.6. The Kier molecular flexibility index (Phi) is 4.65. The van der Waals surface area contributed by atoms with E-state index in [0.29, 0.717) is 6.42 Å². The Morgan fingerprint density at radius 1 is 1.50 bits per heavy atom. The molecule has 1 aromatic carbocycles. The third kappa shape index (κ3) is 3.12. The molecule has 1 aliphatic heterocycles. The van der Waals surface area contributed by atoms with Crippen molar-refractivity contribution in [1.29, 1.82) is 0 Å². The maximum atomic E-state index is 12.5. The van der Waals surface area contributed by atoms with Crippen LogP contribution < -0.4 is 10.6 Å². The number of anilines is 1. The highest BCUT2D eigenvalue weighted by Gasteiger charge is 2.26. The minimum Gasteiger partial charge on any atom is -0.396 e. The summed E-state index contributed by atoms with van der Waals surface area (Å²) in [4.78, 5) is 12.5. The molecular weight excluding hydrogens is 252 g/mol. The molecule has 0 aromatic heterocycles. The molecule has 0 saturated carbocycles. The van der Waals surface area contributed by atoms with Crippen LogP contribution in [0.3, 0.4) is 0 Å². The van der Waals surface area contributed by atoms with E-state index in [2.05, 4.69) is 10.6 Å². The van der Waals surface area contributed by atoms with Crippen molar-refractivity contribution in [3.8, 4) is 0 Å². The number of benzene rings is 1. The number of carbonyl (C=O) groups excluding carboxylic acids is 1. The highest BCUT2D eigenvalue weighted by molar-refractivity contribution is 5.97. The Bertz CT molecular complexity index is 487. The number of hydrogen-bond acceptors (Lipinski definition) is 3. The van der Waals surface area contributed by atoms with E-state index >= 15 is 0 Å². The monoisotopic (exact) mass is 276 g/mol. The van der Waals surface area contributed by atoms with E-state index in [1.54, 1.807) is 0 Å². The molecule has 0 saturated heterocycles. The molecule has 110 valence electrons. The Morgan fingerprint density at radius 3 is 3.00 bits per heavy atom. The van der Waals surface area contributed by atoms with Gasteiger partial charge in [0, 0.05) is 29.9 Å². The second kappa shape index (κ2) is 6.27. The van der Waals surface area contributed by atoms with Gasteiger partial charge < -0.3 is 15.7 Å². The molecule has 1 amide bonds. The second-order valence-electron chi connectivity index (χ2n) is 5.70. The number of rotatable bonds is 5. The van der Waals surface area contributed by atoms with Crippen molar-refractivity contribution in [3.05, 3.63) is 29.3 Å². The number of amides is 1. The molecular formula is C16H24N2O2. The number of hydrogen-bond donors (Lipinski definition) is 3. The summed E-state index contributed by atoms with van der Waals surface area (Å²) in [6, 6.07) is 5.83. The van der Waals surface area contributed by atoms with Gasteiger partial charge in [0.25, 0.3) is 5.91 Å². The fraction of sp³-hybridized carbons (Fsp3) is 0.562. The zero-order valence-corrected chi connectivity index (χ0v) is 12.3. The minimum atomic E-state index is -0.351. The van der Waals surface area contributed by atoms with Gasteiger partial charge >= 0.3 is 0 Å². The predicted molar refractivity (Wildman–Crippen MR) is 81.1 cm³/mol. The lowest BCUT2D eigenvalue weighted by molar-refractivity contribution is 0.0885. The van der Waals surface area contributed by atoms with Crippen LogP contribution in [0.25, 0.3) is 0 Å². The highest BCUT2D eigenvalue weighted by atomic mass is 16.3. The van der Waals surface area contributed by atoms with Crippen molar-refractivity contribution in [2.75, 3.05) is 18.5 Å². The van der Waals surface area contributed by atoms with Crippen LogP contribution in [0.4, 0.5) is 5.69 Å². The fourth-order valence-corrected chi connectivity index (χ4v) is 2.64. The first-order valence-electron chi connectivity index (χ1n) is 7.39. The number of carbonyl (C=O) groups is 1. The molecule has 0 spiro atoms. The van der Waals surface area contributed by atoms with Crippen LogP contribution in [0.15, 0.2) is 18.2 Å². The lowest BCUT2D eigenvalue weighted by Crippen LogP contribution is -2.46. The first-order chi connectivity index (χ1) is 9.59. The Hall–Kier alpha value is -1.55. The minimum absolute atomic E-state index is 0.0386. The molecule has 1 aromatic rings. The lowest BCUT2D eigenvalue weighted by Gasteiger charge is -2.30. The predicted octanol–water partition coefficient (Wildman–Crippen LogP) is 2.33. The van der Waals surface area contributed by atoms with Crippen molar-refractivity contribution >= 4 is 11.6 Å². The van der Waals surface area contributed by atoms with E-state index in [9.17, 15) is 4.79 Å². The molecule has 20 heavy (non-hydrogen) atoms. The van der Waals surface area contributed by atoms with Gasteiger partial charge in [0.15, 0.2) is 0 Å². The van der Waals surface area contributed by atoms with E-state index in [1.165, 1.54) is 0 Å². The average Bonchev–Trinajstić information content (AvgIpc) is 2.46. The molecule has 0 fully saturated rings. The van der Waals surface area contributed by atoms with Gasteiger partial charge in [-0.15, -0.1) is 0 Å².